The Morgan fingerprint density at radius 2 is 2.41 bits per heavy atom. The summed E-state index contributed by atoms with van der Waals surface area (Å²) in [6.45, 7) is 4.15. The largest absolute Gasteiger partial charge is 0.359 e. The van der Waals surface area contributed by atoms with Crippen LogP contribution in [0.4, 0.5) is 0 Å². The van der Waals surface area contributed by atoms with Gasteiger partial charge in [-0.05, 0) is 38.4 Å². The van der Waals surface area contributed by atoms with Crippen molar-refractivity contribution in [3.05, 3.63) is 24.2 Å². The van der Waals surface area contributed by atoms with E-state index in [-0.39, 0.29) is 5.41 Å². The van der Waals surface area contributed by atoms with Crippen LogP contribution in [0.2, 0.25) is 0 Å². The first kappa shape index (κ1) is 10.5. The van der Waals surface area contributed by atoms with Gasteiger partial charge in [-0.15, -0.1) is 0 Å². The topological polar surface area (TPSA) is 66.7 Å². The molecule has 3 rings (SSSR count). The number of aromatic amines is 1. The molecule has 5 nitrogen and oxygen atoms in total. The van der Waals surface area contributed by atoms with Gasteiger partial charge in [-0.25, -0.2) is 0 Å². The monoisotopic (exact) mass is 232 g/mol. The van der Waals surface area contributed by atoms with Crippen LogP contribution in [0, 0.1) is 0 Å². The third kappa shape index (κ3) is 1.86. The molecule has 1 aliphatic heterocycles. The van der Waals surface area contributed by atoms with E-state index in [1.54, 1.807) is 0 Å². The van der Waals surface area contributed by atoms with E-state index < -0.39 is 0 Å². The van der Waals surface area contributed by atoms with Crippen LogP contribution in [0.15, 0.2) is 22.9 Å². The number of piperidine rings is 1. The van der Waals surface area contributed by atoms with Crippen molar-refractivity contribution in [2.45, 2.75) is 25.2 Å². The van der Waals surface area contributed by atoms with Gasteiger partial charge in [-0.3, -0.25) is 0 Å². The van der Waals surface area contributed by atoms with Crippen molar-refractivity contribution in [1.29, 1.82) is 0 Å². The van der Waals surface area contributed by atoms with E-state index in [1.807, 2.05) is 18.3 Å². The van der Waals surface area contributed by atoms with Crippen molar-refractivity contribution in [2.24, 2.45) is 0 Å². The Balaban J connectivity index is 1.89. The van der Waals surface area contributed by atoms with E-state index in [2.05, 4.69) is 27.4 Å². The molecule has 0 saturated carbocycles. The highest BCUT2D eigenvalue weighted by atomic mass is 16.5. The summed E-state index contributed by atoms with van der Waals surface area (Å²) in [6, 6.07) is 3.87. The summed E-state index contributed by atoms with van der Waals surface area (Å²) >= 11 is 0. The average Bonchev–Trinajstić information content (AvgIpc) is 3.01. The Hall–Kier alpha value is -1.62. The lowest BCUT2D eigenvalue weighted by atomic mass is 9.83. The molecular weight excluding hydrogens is 216 g/mol. The molecule has 0 amide bonds. The molecule has 1 unspecified atom stereocenters. The third-order valence-electron chi connectivity index (χ3n) is 3.38. The average molecular weight is 232 g/mol. The Morgan fingerprint density at radius 1 is 1.47 bits per heavy atom. The summed E-state index contributed by atoms with van der Waals surface area (Å²) in [5, 5.41) is 7.42. The van der Waals surface area contributed by atoms with E-state index in [9.17, 15) is 0 Å². The van der Waals surface area contributed by atoms with E-state index in [0.717, 1.165) is 37.5 Å². The van der Waals surface area contributed by atoms with Crippen LogP contribution < -0.4 is 5.32 Å². The van der Waals surface area contributed by atoms with Gasteiger partial charge in [0, 0.05) is 12.7 Å². The van der Waals surface area contributed by atoms with E-state index >= 15 is 0 Å². The molecule has 17 heavy (non-hydrogen) atoms. The second-order valence-corrected chi connectivity index (χ2v) is 4.85. The zero-order chi connectivity index (χ0) is 11.7. The first-order chi connectivity index (χ1) is 8.28. The number of nitrogens with zero attached hydrogens (tertiary/aromatic N) is 2. The summed E-state index contributed by atoms with van der Waals surface area (Å²) < 4.78 is 5.41. The summed E-state index contributed by atoms with van der Waals surface area (Å²) in [6.07, 6.45) is 4.10. The van der Waals surface area contributed by atoms with Gasteiger partial charge < -0.3 is 14.8 Å². The number of hydrogen-bond acceptors (Lipinski definition) is 4. The predicted octanol–water partition coefficient (Wildman–Crippen LogP) is 1.71. The summed E-state index contributed by atoms with van der Waals surface area (Å²) in [5.74, 6) is 1.37. The molecule has 3 heterocycles. The van der Waals surface area contributed by atoms with Crippen LogP contribution in [-0.4, -0.2) is 28.2 Å². The quantitative estimate of drug-likeness (QED) is 0.827. The van der Waals surface area contributed by atoms with E-state index in [4.69, 9.17) is 4.52 Å². The fraction of sp³-hybridized carbons (Fsp3) is 0.500. The minimum absolute atomic E-state index is 0.0317. The number of hydrogen-bond donors (Lipinski definition) is 2. The lowest BCUT2D eigenvalue weighted by molar-refractivity contribution is 0.245. The third-order valence-corrected chi connectivity index (χ3v) is 3.38. The molecule has 2 N–H and O–H groups in total. The second kappa shape index (κ2) is 4.00. The van der Waals surface area contributed by atoms with Crippen LogP contribution in [0.1, 0.15) is 25.7 Å². The molecular formula is C12H16N4O. The zero-order valence-electron chi connectivity index (χ0n) is 9.86. The van der Waals surface area contributed by atoms with Crippen LogP contribution >= 0.6 is 0 Å². The molecule has 1 aliphatic rings. The van der Waals surface area contributed by atoms with Crippen molar-refractivity contribution >= 4 is 0 Å². The zero-order valence-corrected chi connectivity index (χ0v) is 9.86. The SMILES string of the molecule is CC1(c2nc(-c3ccc[nH]3)no2)CCCNC1. The Kier molecular flexibility index (Phi) is 2.48. The fourth-order valence-corrected chi connectivity index (χ4v) is 2.29. The van der Waals surface area contributed by atoms with Crippen molar-refractivity contribution in [3.8, 4) is 11.5 Å². The standard InChI is InChI=1S/C12H16N4O/c1-12(5-3-6-13-8-12)11-15-10(16-17-11)9-4-2-7-14-9/h2,4,7,13-14H,3,5-6,8H2,1H3. The van der Waals surface area contributed by atoms with Gasteiger partial charge in [-0.1, -0.05) is 5.16 Å². The summed E-state index contributed by atoms with van der Waals surface area (Å²) in [7, 11) is 0. The maximum Gasteiger partial charge on any atom is 0.234 e. The molecule has 2 aromatic heterocycles. The molecule has 1 saturated heterocycles. The van der Waals surface area contributed by atoms with Gasteiger partial charge >= 0.3 is 0 Å². The maximum absolute atomic E-state index is 5.41. The molecule has 1 fully saturated rings. The molecule has 0 spiro atoms. The molecule has 0 bridgehead atoms. The number of H-pyrrole nitrogens is 1. The Bertz CT molecular complexity index is 482. The van der Waals surface area contributed by atoms with Gasteiger partial charge in [0.2, 0.25) is 11.7 Å². The van der Waals surface area contributed by atoms with Crippen LogP contribution in [0.5, 0.6) is 0 Å². The Morgan fingerprint density at radius 3 is 3.12 bits per heavy atom. The van der Waals surface area contributed by atoms with Crippen molar-refractivity contribution in [3.63, 3.8) is 0 Å². The molecule has 0 aliphatic carbocycles. The van der Waals surface area contributed by atoms with Gasteiger partial charge in [0.25, 0.3) is 0 Å². The fourth-order valence-electron chi connectivity index (χ4n) is 2.29. The number of nitrogens with one attached hydrogen (secondary N) is 2. The van der Waals surface area contributed by atoms with Gasteiger partial charge in [-0.2, -0.15) is 4.98 Å². The van der Waals surface area contributed by atoms with Crippen LogP contribution in [-0.2, 0) is 5.41 Å². The van der Waals surface area contributed by atoms with E-state index in [1.165, 1.54) is 0 Å². The van der Waals surface area contributed by atoms with Gasteiger partial charge in [0.05, 0.1) is 11.1 Å². The van der Waals surface area contributed by atoms with Crippen molar-refractivity contribution < 1.29 is 4.52 Å². The molecule has 5 heteroatoms. The van der Waals surface area contributed by atoms with Crippen LogP contribution in [0.25, 0.3) is 11.5 Å². The lowest BCUT2D eigenvalue weighted by Gasteiger charge is -2.30. The van der Waals surface area contributed by atoms with Gasteiger partial charge in [0.1, 0.15) is 0 Å². The first-order valence-electron chi connectivity index (χ1n) is 5.97. The lowest BCUT2D eigenvalue weighted by Crippen LogP contribution is -2.41. The highest BCUT2D eigenvalue weighted by Crippen LogP contribution is 2.30. The molecule has 2 aromatic rings. The number of rotatable bonds is 2. The predicted molar refractivity (Wildman–Crippen MR) is 63.5 cm³/mol. The Labute approximate surface area is 99.6 Å². The highest BCUT2D eigenvalue weighted by molar-refractivity contribution is 5.48. The van der Waals surface area contributed by atoms with Gasteiger partial charge in [0.15, 0.2) is 0 Å². The van der Waals surface area contributed by atoms with Crippen molar-refractivity contribution in [1.82, 2.24) is 20.4 Å². The molecule has 1 atom stereocenters. The smallest absolute Gasteiger partial charge is 0.234 e. The van der Waals surface area contributed by atoms with Crippen molar-refractivity contribution in [2.75, 3.05) is 13.1 Å². The summed E-state index contributed by atoms with van der Waals surface area (Å²) in [5.41, 5.74) is 0.864. The first-order valence-corrected chi connectivity index (χ1v) is 5.97. The normalized spacial score (nSPS) is 25.0. The summed E-state index contributed by atoms with van der Waals surface area (Å²) in [4.78, 5) is 7.58. The minimum Gasteiger partial charge on any atom is -0.359 e. The molecule has 90 valence electrons. The molecule has 0 aromatic carbocycles. The second-order valence-electron chi connectivity index (χ2n) is 4.85. The highest BCUT2D eigenvalue weighted by Gasteiger charge is 2.34. The minimum atomic E-state index is -0.0317. The maximum atomic E-state index is 5.41. The molecule has 0 radical (unpaired) electrons. The van der Waals surface area contributed by atoms with Crippen LogP contribution in [0.3, 0.4) is 0 Å². The number of aromatic nitrogens is 3. The van der Waals surface area contributed by atoms with E-state index in [0.29, 0.717) is 5.82 Å².